The van der Waals surface area contributed by atoms with Crippen LogP contribution in [0.15, 0.2) is 60.7 Å². The summed E-state index contributed by atoms with van der Waals surface area (Å²) in [4.78, 5) is 40.9. The van der Waals surface area contributed by atoms with Crippen LogP contribution < -0.4 is 40.0 Å². The summed E-state index contributed by atoms with van der Waals surface area (Å²) in [5, 5.41) is 13.6. The summed E-state index contributed by atoms with van der Waals surface area (Å²) in [6.45, 7) is 6.43. The van der Waals surface area contributed by atoms with Crippen molar-refractivity contribution in [2.75, 3.05) is 26.2 Å². The van der Waals surface area contributed by atoms with E-state index >= 15 is 0 Å². The van der Waals surface area contributed by atoms with Gasteiger partial charge in [-0.2, -0.15) is 0 Å². The van der Waals surface area contributed by atoms with Crippen LogP contribution in [-0.4, -0.2) is 72.0 Å². The van der Waals surface area contributed by atoms with Crippen LogP contribution in [0.25, 0.3) is 0 Å². The van der Waals surface area contributed by atoms with Crippen molar-refractivity contribution in [3.05, 3.63) is 71.8 Å². The predicted octanol–water partition coefficient (Wildman–Crippen LogP) is -2.03. The van der Waals surface area contributed by atoms with Crippen molar-refractivity contribution in [3.8, 4) is 0 Å². The number of carboxylic acids is 1. The number of hydrogen-bond donors (Lipinski definition) is 1. The molecule has 0 aliphatic carbocycles. The molecule has 0 aromatic heterocycles. The molecule has 8 nitrogen and oxygen atoms in total. The Balaban J connectivity index is 0.00000361. The molecule has 1 N–H and O–H groups in total. The van der Waals surface area contributed by atoms with E-state index < -0.39 is 30.1 Å². The van der Waals surface area contributed by atoms with Gasteiger partial charge in [0.15, 0.2) is 6.10 Å². The first-order chi connectivity index (χ1) is 16.8. The fourth-order valence-corrected chi connectivity index (χ4v) is 4.74. The summed E-state index contributed by atoms with van der Waals surface area (Å²) in [5.41, 5.74) is 2.41. The zero-order chi connectivity index (χ0) is 24.9. The van der Waals surface area contributed by atoms with E-state index in [-0.39, 0.29) is 47.4 Å². The van der Waals surface area contributed by atoms with Crippen molar-refractivity contribution in [2.45, 2.75) is 44.6 Å². The number of amides is 2. The molecule has 0 bridgehead atoms. The van der Waals surface area contributed by atoms with Gasteiger partial charge in [0.2, 0.25) is 5.91 Å². The summed E-state index contributed by atoms with van der Waals surface area (Å²) in [5.74, 6) is -1.97. The second-order valence-electron chi connectivity index (χ2n) is 9.57. The minimum absolute atomic E-state index is 0. The number of carbonyl (C=O) groups is 3. The van der Waals surface area contributed by atoms with Gasteiger partial charge in [0.1, 0.15) is 12.1 Å². The molecule has 2 fully saturated rings. The maximum Gasteiger partial charge on any atom is 1.00 e. The van der Waals surface area contributed by atoms with Crippen molar-refractivity contribution in [3.63, 3.8) is 0 Å². The number of carbonyl (C=O) groups excluding carboxylic acids is 3. The Kier molecular flexibility index (Phi) is 10.1. The molecular weight excluding hydrogens is 469 g/mol. The van der Waals surface area contributed by atoms with Gasteiger partial charge in [0.25, 0.3) is 5.91 Å². The number of epoxide rings is 1. The topological polar surface area (TPSA) is 105 Å². The zero-order valence-corrected chi connectivity index (χ0v) is 23.1. The number of hydrogen-bond acceptors (Lipinski definition) is 6. The molecule has 0 saturated carbocycles. The number of aliphatic carboxylic acids is 1. The summed E-state index contributed by atoms with van der Waals surface area (Å²) in [7, 11) is 0. The van der Waals surface area contributed by atoms with Crippen LogP contribution in [0.3, 0.4) is 0 Å². The maximum absolute atomic E-state index is 13.4. The van der Waals surface area contributed by atoms with Crippen molar-refractivity contribution >= 4 is 17.8 Å². The van der Waals surface area contributed by atoms with E-state index in [0.717, 1.165) is 0 Å². The predicted molar refractivity (Wildman–Crippen MR) is 128 cm³/mol. The average molecular weight is 502 g/mol. The molecule has 2 aliphatic heterocycles. The molecule has 36 heavy (non-hydrogen) atoms. The van der Waals surface area contributed by atoms with Crippen LogP contribution in [0, 0.1) is 5.92 Å². The van der Waals surface area contributed by atoms with Crippen molar-refractivity contribution in [1.82, 2.24) is 15.1 Å². The standard InChI is InChI=1S/C27H33N3O5.Na/c1-18(2)17-21(28-25(31)23-24(35-23)27(33)34)26(32)30-15-13-29(14-16-30)22(19-9-5-3-6-10-19)20-11-7-4-8-12-20;/h3-12,18,21-24H,13-17H2,1-2H3,(H,28,31)(H,33,34);/q;+1/p-1/t21-,23+,24+;/m0./s1. The zero-order valence-electron chi connectivity index (χ0n) is 21.1. The van der Waals surface area contributed by atoms with E-state index in [1.807, 2.05) is 50.2 Å². The third-order valence-corrected chi connectivity index (χ3v) is 6.53. The van der Waals surface area contributed by atoms with Gasteiger partial charge in [-0.25, -0.2) is 0 Å². The Hall–Kier alpha value is -2.23. The Bertz CT molecular complexity index is 989. The minimum Gasteiger partial charge on any atom is -0.547 e. The molecule has 2 aromatic carbocycles. The molecule has 4 rings (SSSR count). The summed E-state index contributed by atoms with van der Waals surface area (Å²) < 4.78 is 4.89. The molecule has 2 saturated heterocycles. The van der Waals surface area contributed by atoms with E-state index in [2.05, 4.69) is 34.5 Å². The van der Waals surface area contributed by atoms with Gasteiger partial charge in [-0.15, -0.1) is 0 Å². The van der Waals surface area contributed by atoms with Gasteiger partial charge in [0.05, 0.1) is 12.0 Å². The molecule has 0 spiro atoms. The Morgan fingerprint density at radius 1 is 0.917 bits per heavy atom. The maximum atomic E-state index is 13.4. The summed E-state index contributed by atoms with van der Waals surface area (Å²) in [6.07, 6.45) is -1.86. The SMILES string of the molecule is CC(C)C[C@H](NC(=O)[C@@H]1O[C@H]1C(=O)[O-])C(=O)N1CCN(C(c2ccccc2)c2ccccc2)CC1.[Na+]. The van der Waals surface area contributed by atoms with E-state index in [0.29, 0.717) is 32.6 Å². The molecule has 186 valence electrons. The fraction of sp³-hybridized carbons (Fsp3) is 0.444. The van der Waals surface area contributed by atoms with Crippen molar-refractivity contribution in [1.29, 1.82) is 0 Å². The molecule has 0 unspecified atom stereocenters. The minimum atomic E-state index is -1.42. The Labute approximate surface area is 234 Å². The number of nitrogens with zero attached hydrogens (tertiary/aromatic N) is 2. The van der Waals surface area contributed by atoms with Crippen LogP contribution in [-0.2, 0) is 19.1 Å². The first kappa shape index (κ1) is 28.3. The van der Waals surface area contributed by atoms with E-state index in [4.69, 9.17) is 4.74 Å². The van der Waals surface area contributed by atoms with Crippen LogP contribution in [0.4, 0.5) is 0 Å². The number of benzene rings is 2. The van der Waals surface area contributed by atoms with Crippen LogP contribution in [0.5, 0.6) is 0 Å². The monoisotopic (exact) mass is 501 g/mol. The van der Waals surface area contributed by atoms with E-state index in [9.17, 15) is 19.5 Å². The average Bonchev–Trinajstić information content (AvgIpc) is 3.67. The molecule has 9 heteroatoms. The number of rotatable bonds is 9. The third kappa shape index (κ3) is 6.95. The molecule has 2 heterocycles. The second kappa shape index (κ2) is 12.8. The molecule has 2 aliphatic rings. The first-order valence-electron chi connectivity index (χ1n) is 12.1. The van der Waals surface area contributed by atoms with Gasteiger partial charge in [-0.05, 0) is 23.5 Å². The first-order valence-corrected chi connectivity index (χ1v) is 12.1. The quantitative estimate of drug-likeness (QED) is 0.314. The molecule has 2 amide bonds. The van der Waals surface area contributed by atoms with E-state index in [1.54, 1.807) is 4.90 Å². The molecule has 2 aromatic rings. The number of nitrogens with one attached hydrogen (secondary N) is 1. The smallest absolute Gasteiger partial charge is 0.547 e. The number of ether oxygens (including phenoxy) is 1. The number of piperazine rings is 1. The van der Waals surface area contributed by atoms with Gasteiger partial charge < -0.3 is 24.9 Å². The van der Waals surface area contributed by atoms with Gasteiger partial charge in [-0.1, -0.05) is 74.5 Å². The van der Waals surface area contributed by atoms with Gasteiger partial charge in [-0.3, -0.25) is 14.5 Å². The van der Waals surface area contributed by atoms with Crippen LogP contribution in [0.1, 0.15) is 37.4 Å². The summed E-state index contributed by atoms with van der Waals surface area (Å²) >= 11 is 0. The molecule has 0 radical (unpaired) electrons. The fourth-order valence-electron chi connectivity index (χ4n) is 4.74. The van der Waals surface area contributed by atoms with Crippen LogP contribution in [0.2, 0.25) is 0 Å². The number of carboxylic acid groups (broad SMARTS) is 1. The molecular formula is C27H32N3NaO5. The van der Waals surface area contributed by atoms with Crippen molar-refractivity contribution < 1.29 is 53.8 Å². The Morgan fingerprint density at radius 3 is 1.89 bits per heavy atom. The molecule has 3 atom stereocenters. The van der Waals surface area contributed by atoms with Crippen LogP contribution >= 0.6 is 0 Å². The van der Waals surface area contributed by atoms with Gasteiger partial charge >= 0.3 is 29.6 Å². The normalized spacial score (nSPS) is 20.5. The second-order valence-corrected chi connectivity index (χ2v) is 9.57. The largest absolute Gasteiger partial charge is 1.00 e. The summed E-state index contributed by atoms with van der Waals surface area (Å²) in [6, 6.07) is 20.1. The van der Waals surface area contributed by atoms with Crippen molar-refractivity contribution in [2.24, 2.45) is 5.92 Å². The third-order valence-electron chi connectivity index (χ3n) is 6.53. The van der Waals surface area contributed by atoms with E-state index in [1.165, 1.54) is 11.1 Å². The Morgan fingerprint density at radius 2 is 1.44 bits per heavy atom. The van der Waals surface area contributed by atoms with Gasteiger partial charge in [0, 0.05) is 26.2 Å².